The lowest BCUT2D eigenvalue weighted by molar-refractivity contribution is -0.135. The third-order valence-corrected chi connectivity index (χ3v) is 4.25. The van der Waals surface area contributed by atoms with E-state index in [1.165, 1.54) is 0 Å². The monoisotopic (exact) mass is 363 g/mol. The molecule has 0 N–H and O–H groups in total. The van der Waals surface area contributed by atoms with Crippen molar-refractivity contribution in [1.82, 2.24) is 0 Å². The van der Waals surface area contributed by atoms with Crippen molar-refractivity contribution in [2.24, 2.45) is 4.99 Å². The Kier molecular flexibility index (Phi) is 5.42. The number of ether oxygens (including phenoxy) is 2. The van der Waals surface area contributed by atoms with E-state index in [-0.39, 0.29) is 11.9 Å². The van der Waals surface area contributed by atoms with Crippen LogP contribution in [0.15, 0.2) is 65.7 Å². The average molecular weight is 363 g/mol. The van der Waals surface area contributed by atoms with Gasteiger partial charge in [-0.3, -0.25) is 4.79 Å². The van der Waals surface area contributed by atoms with E-state index in [4.69, 9.17) is 9.47 Å². The van der Waals surface area contributed by atoms with Crippen LogP contribution in [0.4, 0.5) is 5.69 Å². The number of benzene rings is 3. The van der Waals surface area contributed by atoms with Crippen LogP contribution in [0.2, 0.25) is 0 Å². The Labute approximate surface area is 157 Å². The van der Waals surface area contributed by atoms with E-state index in [1.54, 1.807) is 31.4 Å². The number of nitrogens with zero attached hydrogens (tertiary/aromatic N) is 1. The van der Waals surface area contributed by atoms with E-state index in [0.29, 0.717) is 11.4 Å². The SMILES string of the molecule is COc1ccc2cc(C(C)C(=O)Oc3ccc(N=C=S)cc3)ccc2c1. The molecular formula is C21H17NO3S. The van der Waals surface area contributed by atoms with Crippen molar-refractivity contribution in [3.05, 3.63) is 66.2 Å². The smallest absolute Gasteiger partial charge is 0.318 e. The van der Waals surface area contributed by atoms with Gasteiger partial charge in [0.1, 0.15) is 11.5 Å². The van der Waals surface area contributed by atoms with Crippen LogP contribution in [-0.4, -0.2) is 18.2 Å². The minimum Gasteiger partial charge on any atom is -0.497 e. The van der Waals surface area contributed by atoms with Crippen LogP contribution in [0.3, 0.4) is 0 Å². The highest BCUT2D eigenvalue weighted by Gasteiger charge is 2.18. The zero-order valence-corrected chi connectivity index (χ0v) is 15.2. The molecule has 0 amide bonds. The van der Waals surface area contributed by atoms with Crippen LogP contribution in [0, 0.1) is 0 Å². The van der Waals surface area contributed by atoms with Crippen LogP contribution < -0.4 is 9.47 Å². The molecule has 0 saturated carbocycles. The third-order valence-electron chi connectivity index (χ3n) is 4.15. The van der Waals surface area contributed by atoms with Crippen LogP contribution in [0.1, 0.15) is 18.4 Å². The molecule has 4 nitrogen and oxygen atoms in total. The first-order valence-electron chi connectivity index (χ1n) is 8.08. The highest BCUT2D eigenvalue weighted by molar-refractivity contribution is 7.78. The molecule has 1 atom stereocenters. The first-order chi connectivity index (χ1) is 12.6. The number of esters is 1. The summed E-state index contributed by atoms with van der Waals surface area (Å²) < 4.78 is 10.7. The fraction of sp³-hybridized carbons (Fsp3) is 0.143. The molecule has 0 saturated heterocycles. The number of aliphatic imine (C=N–C) groups is 1. The maximum Gasteiger partial charge on any atom is 0.318 e. The Morgan fingerprint density at radius 1 is 1.00 bits per heavy atom. The van der Waals surface area contributed by atoms with Crippen molar-refractivity contribution < 1.29 is 14.3 Å². The second kappa shape index (κ2) is 7.91. The first kappa shape index (κ1) is 17.8. The molecule has 1 unspecified atom stereocenters. The highest BCUT2D eigenvalue weighted by atomic mass is 32.1. The molecule has 0 heterocycles. The Bertz CT molecular complexity index is 992. The second-order valence-electron chi connectivity index (χ2n) is 5.81. The summed E-state index contributed by atoms with van der Waals surface area (Å²) in [5.74, 6) is 0.568. The van der Waals surface area contributed by atoms with Gasteiger partial charge in [0.25, 0.3) is 0 Å². The number of fused-ring (bicyclic) bond motifs is 1. The van der Waals surface area contributed by atoms with Crippen LogP contribution >= 0.6 is 12.2 Å². The summed E-state index contributed by atoms with van der Waals surface area (Å²) in [6, 6.07) is 18.6. The molecule has 0 fully saturated rings. The number of rotatable bonds is 5. The van der Waals surface area contributed by atoms with Gasteiger partial charge < -0.3 is 9.47 Å². The van der Waals surface area contributed by atoms with E-state index in [9.17, 15) is 4.79 Å². The summed E-state index contributed by atoms with van der Waals surface area (Å²) in [6.45, 7) is 1.83. The van der Waals surface area contributed by atoms with Crippen molar-refractivity contribution in [1.29, 1.82) is 0 Å². The van der Waals surface area contributed by atoms with Crippen molar-refractivity contribution in [2.45, 2.75) is 12.8 Å². The molecule has 0 bridgehead atoms. The Morgan fingerprint density at radius 3 is 2.35 bits per heavy atom. The molecule has 5 heteroatoms. The zero-order chi connectivity index (χ0) is 18.5. The Hall–Kier alpha value is -3.01. The van der Waals surface area contributed by atoms with Gasteiger partial charge in [-0.25, -0.2) is 0 Å². The van der Waals surface area contributed by atoms with Crippen molar-refractivity contribution in [3.63, 3.8) is 0 Å². The number of hydrogen-bond donors (Lipinski definition) is 0. The van der Waals surface area contributed by atoms with Gasteiger partial charge in [0.05, 0.1) is 23.9 Å². The molecule has 0 spiro atoms. The van der Waals surface area contributed by atoms with Gasteiger partial charge in [0, 0.05) is 0 Å². The molecule has 130 valence electrons. The summed E-state index contributed by atoms with van der Waals surface area (Å²) >= 11 is 4.56. The quantitative estimate of drug-likeness (QED) is 0.267. The fourth-order valence-corrected chi connectivity index (χ4v) is 2.73. The molecule has 3 aromatic rings. The molecule has 26 heavy (non-hydrogen) atoms. The van der Waals surface area contributed by atoms with Crippen molar-refractivity contribution in [2.75, 3.05) is 7.11 Å². The maximum atomic E-state index is 12.5. The van der Waals surface area contributed by atoms with E-state index in [1.807, 2.05) is 43.3 Å². The number of hydrogen-bond acceptors (Lipinski definition) is 5. The lowest BCUT2D eigenvalue weighted by Crippen LogP contribution is -2.16. The summed E-state index contributed by atoms with van der Waals surface area (Å²) in [4.78, 5) is 16.3. The second-order valence-corrected chi connectivity index (χ2v) is 5.99. The third kappa shape index (κ3) is 3.97. The maximum absolute atomic E-state index is 12.5. The van der Waals surface area contributed by atoms with Gasteiger partial charge in [-0.1, -0.05) is 24.3 Å². The lowest BCUT2D eigenvalue weighted by Gasteiger charge is -2.13. The first-order valence-corrected chi connectivity index (χ1v) is 8.49. The van der Waals surface area contributed by atoms with E-state index >= 15 is 0 Å². The zero-order valence-electron chi connectivity index (χ0n) is 14.4. The van der Waals surface area contributed by atoms with Crippen molar-refractivity contribution >= 4 is 39.8 Å². The number of carbonyl (C=O) groups is 1. The molecule has 3 rings (SSSR count). The Balaban J connectivity index is 1.77. The van der Waals surface area contributed by atoms with Gasteiger partial charge in [-0.2, -0.15) is 4.99 Å². The minimum atomic E-state index is -0.389. The fourth-order valence-electron chi connectivity index (χ4n) is 2.62. The number of carbonyl (C=O) groups excluding carboxylic acids is 1. The summed E-state index contributed by atoms with van der Waals surface area (Å²) in [5.41, 5.74) is 1.56. The molecule has 0 aliphatic carbocycles. The lowest BCUT2D eigenvalue weighted by atomic mass is 9.98. The molecule has 0 aliphatic rings. The van der Waals surface area contributed by atoms with Crippen LogP contribution in [-0.2, 0) is 4.79 Å². The van der Waals surface area contributed by atoms with E-state index in [0.717, 1.165) is 22.1 Å². The highest BCUT2D eigenvalue weighted by Crippen LogP contribution is 2.26. The number of thiocarbonyl (C=S) groups is 1. The van der Waals surface area contributed by atoms with Crippen LogP contribution in [0.5, 0.6) is 11.5 Å². The summed E-state index contributed by atoms with van der Waals surface area (Å²) in [7, 11) is 1.64. The van der Waals surface area contributed by atoms with E-state index in [2.05, 4.69) is 22.4 Å². The average Bonchev–Trinajstić information content (AvgIpc) is 2.68. The van der Waals surface area contributed by atoms with Gasteiger partial charge >= 0.3 is 5.97 Å². The summed E-state index contributed by atoms with van der Waals surface area (Å²) in [5, 5.41) is 4.40. The standard InChI is InChI=1S/C21H17NO3S/c1-14(21(23)25-19-9-6-18(7-10-19)22-13-26)15-3-4-17-12-20(24-2)8-5-16(17)11-15/h3-12,14H,1-2H3. The molecular weight excluding hydrogens is 346 g/mol. The molecule has 0 aromatic heterocycles. The predicted octanol–water partition coefficient (Wildman–Crippen LogP) is 5.29. The molecule has 0 aliphatic heterocycles. The molecule has 0 radical (unpaired) electrons. The molecule has 3 aromatic carbocycles. The topological polar surface area (TPSA) is 47.9 Å². The number of methoxy groups -OCH3 is 1. The van der Waals surface area contributed by atoms with E-state index < -0.39 is 0 Å². The predicted molar refractivity (Wildman–Crippen MR) is 106 cm³/mol. The van der Waals surface area contributed by atoms with Gasteiger partial charge in [-0.15, -0.1) is 0 Å². The van der Waals surface area contributed by atoms with Crippen LogP contribution in [0.25, 0.3) is 10.8 Å². The minimum absolute atomic E-state index is 0.316. The summed E-state index contributed by atoms with van der Waals surface area (Å²) in [6.07, 6.45) is 0. The number of isothiocyanates is 1. The Morgan fingerprint density at radius 2 is 1.65 bits per heavy atom. The van der Waals surface area contributed by atoms with Crippen molar-refractivity contribution in [3.8, 4) is 11.5 Å². The van der Waals surface area contributed by atoms with Gasteiger partial charge in [0.15, 0.2) is 0 Å². The largest absolute Gasteiger partial charge is 0.497 e. The van der Waals surface area contributed by atoms with Gasteiger partial charge in [-0.05, 0) is 71.9 Å². The van der Waals surface area contributed by atoms with Gasteiger partial charge in [0.2, 0.25) is 0 Å². The normalized spacial score (nSPS) is 11.5.